The number of rotatable bonds is 5. The maximum absolute atomic E-state index is 5.78. The Balaban J connectivity index is 2.01. The van der Waals surface area contributed by atoms with Crippen LogP contribution in [0.15, 0.2) is 34.9 Å². The summed E-state index contributed by atoms with van der Waals surface area (Å²) >= 11 is 6.95. The van der Waals surface area contributed by atoms with Gasteiger partial charge in [-0.15, -0.1) is 0 Å². The summed E-state index contributed by atoms with van der Waals surface area (Å²) in [6, 6.07) is 8.43. The lowest BCUT2D eigenvalue weighted by Gasteiger charge is -2.08. The second kappa shape index (κ2) is 6.57. The Morgan fingerprint density at radius 3 is 2.68 bits per heavy atom. The average Bonchev–Trinajstić information content (AvgIpc) is 2.86. The molecule has 19 heavy (non-hydrogen) atoms. The number of nitrogens with zero attached hydrogens (tertiary/aromatic N) is 2. The van der Waals surface area contributed by atoms with Gasteiger partial charge in [-0.3, -0.25) is 4.68 Å². The third-order valence-electron chi connectivity index (χ3n) is 2.72. The molecule has 0 aliphatic carbocycles. The Hall–Kier alpha value is -0.810. The molecular weight excluding hydrogens is 372 g/mol. The van der Waals surface area contributed by atoms with Gasteiger partial charge >= 0.3 is 0 Å². The van der Waals surface area contributed by atoms with Crippen molar-refractivity contribution in [2.24, 2.45) is 0 Å². The highest BCUT2D eigenvalue weighted by Crippen LogP contribution is 2.27. The van der Waals surface area contributed by atoms with Gasteiger partial charge in [0.05, 0.1) is 10.2 Å². The van der Waals surface area contributed by atoms with Crippen LogP contribution < -0.4 is 4.74 Å². The van der Waals surface area contributed by atoms with Gasteiger partial charge in [0, 0.05) is 17.6 Å². The number of aromatic nitrogens is 2. The zero-order valence-electron chi connectivity index (χ0n) is 10.9. The highest BCUT2D eigenvalue weighted by molar-refractivity contribution is 9.10. The monoisotopic (exact) mass is 386 g/mol. The van der Waals surface area contributed by atoms with Gasteiger partial charge in [0.25, 0.3) is 0 Å². The quantitative estimate of drug-likeness (QED) is 0.695. The zero-order valence-corrected chi connectivity index (χ0v) is 14.1. The Kier molecular flexibility index (Phi) is 5.05. The molecule has 0 N–H and O–H groups in total. The summed E-state index contributed by atoms with van der Waals surface area (Å²) in [6.45, 7) is 4.69. The molecule has 0 atom stereocenters. The molecular formula is C14H16Br2N2O. The number of hydrogen-bond acceptors (Lipinski definition) is 2. The van der Waals surface area contributed by atoms with Gasteiger partial charge < -0.3 is 4.74 Å². The molecule has 0 aliphatic rings. The summed E-state index contributed by atoms with van der Waals surface area (Å²) in [7, 11) is 0. The maximum Gasteiger partial charge on any atom is 0.134 e. The van der Waals surface area contributed by atoms with Crippen LogP contribution in [0.4, 0.5) is 0 Å². The topological polar surface area (TPSA) is 27.1 Å². The van der Waals surface area contributed by atoms with E-state index < -0.39 is 0 Å². The second-order valence-corrected chi connectivity index (χ2v) is 5.98. The first-order valence-corrected chi connectivity index (χ1v) is 8.03. The SMILES string of the molecule is CC(C)n1ccc(COc2ccc(CBr)cc2Br)n1. The standard InChI is InChI=1S/C14H16Br2N2O/c1-10(2)18-6-5-12(17-18)9-19-14-4-3-11(8-15)7-13(14)16/h3-7,10H,8-9H2,1-2H3. The van der Waals surface area contributed by atoms with Crippen LogP contribution in [0, 0.1) is 0 Å². The normalized spacial score (nSPS) is 11.0. The van der Waals surface area contributed by atoms with E-state index in [-0.39, 0.29) is 0 Å². The van der Waals surface area contributed by atoms with Crippen LogP contribution in [0.3, 0.4) is 0 Å². The Bertz CT molecular complexity index is 552. The average molecular weight is 388 g/mol. The van der Waals surface area contributed by atoms with Crippen molar-refractivity contribution in [1.29, 1.82) is 0 Å². The molecule has 1 aromatic carbocycles. The van der Waals surface area contributed by atoms with Crippen molar-refractivity contribution in [2.45, 2.75) is 31.8 Å². The molecule has 2 rings (SSSR count). The molecule has 0 saturated carbocycles. The summed E-state index contributed by atoms with van der Waals surface area (Å²) in [5, 5.41) is 5.30. The number of ether oxygens (including phenoxy) is 1. The van der Waals surface area contributed by atoms with E-state index in [0.717, 1.165) is 21.2 Å². The van der Waals surface area contributed by atoms with Crippen LogP contribution in [-0.4, -0.2) is 9.78 Å². The smallest absolute Gasteiger partial charge is 0.134 e. The molecule has 1 aromatic heterocycles. The molecule has 0 radical (unpaired) electrons. The minimum Gasteiger partial charge on any atom is -0.486 e. The molecule has 5 heteroatoms. The minimum absolute atomic E-state index is 0.374. The third kappa shape index (κ3) is 3.83. The van der Waals surface area contributed by atoms with E-state index in [0.29, 0.717) is 12.6 Å². The predicted molar refractivity (Wildman–Crippen MR) is 83.7 cm³/mol. The van der Waals surface area contributed by atoms with Crippen molar-refractivity contribution in [3.8, 4) is 5.75 Å². The summed E-state index contributed by atoms with van der Waals surface area (Å²) in [5.74, 6) is 0.837. The fourth-order valence-electron chi connectivity index (χ4n) is 1.64. The van der Waals surface area contributed by atoms with E-state index in [4.69, 9.17) is 4.74 Å². The zero-order chi connectivity index (χ0) is 13.8. The van der Waals surface area contributed by atoms with E-state index >= 15 is 0 Å². The maximum atomic E-state index is 5.78. The molecule has 2 aromatic rings. The second-order valence-electron chi connectivity index (χ2n) is 4.57. The van der Waals surface area contributed by atoms with Crippen molar-refractivity contribution in [1.82, 2.24) is 9.78 Å². The molecule has 0 aliphatic heterocycles. The lowest BCUT2D eigenvalue weighted by molar-refractivity contribution is 0.297. The van der Waals surface area contributed by atoms with E-state index in [1.807, 2.05) is 29.1 Å². The van der Waals surface area contributed by atoms with E-state index in [2.05, 4.69) is 56.9 Å². The van der Waals surface area contributed by atoms with E-state index in [1.165, 1.54) is 5.56 Å². The van der Waals surface area contributed by atoms with Gasteiger partial charge in [0.15, 0.2) is 0 Å². The first-order chi connectivity index (χ1) is 9.10. The van der Waals surface area contributed by atoms with Crippen molar-refractivity contribution in [3.63, 3.8) is 0 Å². The largest absolute Gasteiger partial charge is 0.486 e. The van der Waals surface area contributed by atoms with Crippen LogP contribution in [0.25, 0.3) is 0 Å². The molecule has 102 valence electrons. The Labute approximate surface area is 130 Å². The van der Waals surface area contributed by atoms with Crippen molar-refractivity contribution >= 4 is 31.9 Å². The van der Waals surface area contributed by atoms with Crippen LogP contribution in [-0.2, 0) is 11.9 Å². The molecule has 0 saturated heterocycles. The molecule has 0 bridgehead atoms. The summed E-state index contributed by atoms with van der Waals surface area (Å²) < 4.78 is 8.68. The first kappa shape index (κ1) is 14.6. The van der Waals surface area contributed by atoms with Crippen LogP contribution in [0.2, 0.25) is 0 Å². The highest BCUT2D eigenvalue weighted by Gasteiger charge is 2.05. The molecule has 0 amide bonds. The molecule has 0 fully saturated rings. The van der Waals surface area contributed by atoms with Gasteiger partial charge in [0.1, 0.15) is 12.4 Å². The highest BCUT2D eigenvalue weighted by atomic mass is 79.9. The third-order valence-corrected chi connectivity index (χ3v) is 3.99. The number of hydrogen-bond donors (Lipinski definition) is 0. The Morgan fingerprint density at radius 1 is 1.32 bits per heavy atom. The molecule has 1 heterocycles. The summed E-state index contributed by atoms with van der Waals surface area (Å²) in [5.41, 5.74) is 2.15. The van der Waals surface area contributed by atoms with Crippen molar-refractivity contribution in [3.05, 3.63) is 46.2 Å². The van der Waals surface area contributed by atoms with Crippen molar-refractivity contribution < 1.29 is 4.74 Å². The minimum atomic E-state index is 0.374. The fraction of sp³-hybridized carbons (Fsp3) is 0.357. The van der Waals surface area contributed by atoms with Gasteiger partial charge in [-0.05, 0) is 53.5 Å². The Morgan fingerprint density at radius 2 is 2.11 bits per heavy atom. The van der Waals surface area contributed by atoms with Gasteiger partial charge in [0.2, 0.25) is 0 Å². The molecule has 0 unspecified atom stereocenters. The number of alkyl halides is 1. The van der Waals surface area contributed by atoms with Gasteiger partial charge in [-0.25, -0.2) is 0 Å². The van der Waals surface area contributed by atoms with Gasteiger partial charge in [-0.1, -0.05) is 22.0 Å². The van der Waals surface area contributed by atoms with Crippen LogP contribution >= 0.6 is 31.9 Å². The number of halogens is 2. The van der Waals surface area contributed by atoms with Gasteiger partial charge in [-0.2, -0.15) is 5.10 Å². The fourth-order valence-corrected chi connectivity index (χ4v) is 2.53. The number of benzene rings is 1. The molecule has 3 nitrogen and oxygen atoms in total. The summed E-state index contributed by atoms with van der Waals surface area (Å²) in [4.78, 5) is 0. The lowest BCUT2D eigenvalue weighted by Crippen LogP contribution is -2.03. The van der Waals surface area contributed by atoms with E-state index in [9.17, 15) is 0 Å². The summed E-state index contributed by atoms with van der Waals surface area (Å²) in [6.07, 6.45) is 1.98. The predicted octanol–water partition coefficient (Wildman–Crippen LogP) is 4.70. The lowest BCUT2D eigenvalue weighted by atomic mass is 10.2. The van der Waals surface area contributed by atoms with Crippen molar-refractivity contribution in [2.75, 3.05) is 0 Å². The van der Waals surface area contributed by atoms with Crippen LogP contribution in [0.1, 0.15) is 31.1 Å². The first-order valence-electron chi connectivity index (χ1n) is 6.11. The molecule has 0 spiro atoms. The van der Waals surface area contributed by atoms with Crippen LogP contribution in [0.5, 0.6) is 5.75 Å². The van der Waals surface area contributed by atoms with E-state index in [1.54, 1.807) is 0 Å².